The first-order valence-electron chi connectivity index (χ1n) is 6.18. The van der Waals surface area contributed by atoms with Gasteiger partial charge in [0.25, 0.3) is 10.0 Å². The molecule has 2 N–H and O–H groups in total. The third kappa shape index (κ3) is 3.73. The third-order valence-electron chi connectivity index (χ3n) is 3.16. The lowest BCUT2D eigenvalue weighted by molar-refractivity contribution is 0.372. The van der Waals surface area contributed by atoms with Crippen LogP contribution >= 0.6 is 0 Å². The van der Waals surface area contributed by atoms with E-state index in [1.165, 1.54) is 18.3 Å². The highest BCUT2D eigenvalue weighted by Gasteiger charge is 2.19. The highest BCUT2D eigenvalue weighted by molar-refractivity contribution is 7.89. The minimum Gasteiger partial charge on any atom is -0.317 e. The van der Waals surface area contributed by atoms with E-state index in [0.29, 0.717) is 12.5 Å². The number of hydrogen-bond donors (Lipinski definition) is 2. The van der Waals surface area contributed by atoms with Gasteiger partial charge >= 0.3 is 0 Å². The van der Waals surface area contributed by atoms with Crippen LogP contribution in [0.2, 0.25) is 0 Å². The number of sulfonamides is 1. The Balaban J connectivity index is 2.03. The largest absolute Gasteiger partial charge is 0.317 e. The van der Waals surface area contributed by atoms with Gasteiger partial charge in [0, 0.05) is 12.7 Å². The summed E-state index contributed by atoms with van der Waals surface area (Å²) in [6, 6.07) is 4.66. The van der Waals surface area contributed by atoms with Gasteiger partial charge in [-0.2, -0.15) is 5.26 Å². The van der Waals surface area contributed by atoms with E-state index in [4.69, 9.17) is 5.26 Å². The fourth-order valence-corrected chi connectivity index (χ4v) is 3.10. The lowest BCUT2D eigenvalue weighted by atomic mass is 9.99. The number of nitriles is 1. The van der Waals surface area contributed by atoms with Crippen molar-refractivity contribution in [2.45, 2.75) is 17.9 Å². The normalized spacial score (nSPS) is 17.0. The van der Waals surface area contributed by atoms with Crippen LogP contribution in [0.5, 0.6) is 0 Å². The molecule has 0 aromatic carbocycles. The number of rotatable bonds is 4. The first-order valence-corrected chi connectivity index (χ1v) is 7.66. The molecule has 0 amide bonds. The van der Waals surface area contributed by atoms with Gasteiger partial charge in [0.2, 0.25) is 0 Å². The molecule has 0 radical (unpaired) electrons. The minimum absolute atomic E-state index is 0.0968. The van der Waals surface area contributed by atoms with Gasteiger partial charge in [-0.3, -0.25) is 0 Å². The lowest BCUT2D eigenvalue weighted by Gasteiger charge is -2.22. The molecule has 102 valence electrons. The first-order chi connectivity index (χ1) is 9.12. The summed E-state index contributed by atoms with van der Waals surface area (Å²) in [4.78, 5) is 3.81. The molecule has 19 heavy (non-hydrogen) atoms. The Bertz CT molecular complexity index is 574. The van der Waals surface area contributed by atoms with E-state index in [1.807, 2.05) is 6.07 Å². The van der Waals surface area contributed by atoms with Gasteiger partial charge in [-0.15, -0.1) is 0 Å². The van der Waals surface area contributed by atoms with Crippen molar-refractivity contribution in [1.29, 1.82) is 5.26 Å². The van der Waals surface area contributed by atoms with Gasteiger partial charge < -0.3 is 5.32 Å². The predicted molar refractivity (Wildman–Crippen MR) is 69.7 cm³/mol. The standard InChI is InChI=1S/C12H16N4O2S/c13-8-11-3-6-15-12(7-11)19(17,18)16-9-10-1-4-14-5-2-10/h3,6-7,10,14,16H,1-2,4-5,9H2. The second-order valence-corrected chi connectivity index (χ2v) is 6.25. The van der Waals surface area contributed by atoms with Crippen LogP contribution in [0.15, 0.2) is 23.4 Å². The van der Waals surface area contributed by atoms with Gasteiger partial charge in [0.05, 0.1) is 11.6 Å². The smallest absolute Gasteiger partial charge is 0.258 e. The van der Waals surface area contributed by atoms with Crippen molar-refractivity contribution < 1.29 is 8.42 Å². The Morgan fingerprint density at radius 1 is 1.47 bits per heavy atom. The molecule has 7 heteroatoms. The highest BCUT2D eigenvalue weighted by Crippen LogP contribution is 2.12. The highest BCUT2D eigenvalue weighted by atomic mass is 32.2. The van der Waals surface area contributed by atoms with Crippen molar-refractivity contribution in [1.82, 2.24) is 15.0 Å². The maximum atomic E-state index is 12.0. The SMILES string of the molecule is N#Cc1ccnc(S(=O)(=O)NCC2CCNCC2)c1. The van der Waals surface area contributed by atoms with Gasteiger partial charge in [-0.05, 0) is 44.0 Å². The lowest BCUT2D eigenvalue weighted by Crippen LogP contribution is -2.36. The topological polar surface area (TPSA) is 94.9 Å². The maximum absolute atomic E-state index is 12.0. The quantitative estimate of drug-likeness (QED) is 0.823. The Hall–Kier alpha value is -1.49. The molecular formula is C12H16N4O2S. The number of piperidine rings is 1. The van der Waals surface area contributed by atoms with E-state index in [0.717, 1.165) is 25.9 Å². The number of nitrogens with one attached hydrogen (secondary N) is 2. The van der Waals surface area contributed by atoms with Crippen molar-refractivity contribution in [3.05, 3.63) is 23.9 Å². The molecule has 1 fully saturated rings. The maximum Gasteiger partial charge on any atom is 0.258 e. The van der Waals surface area contributed by atoms with Gasteiger partial charge in [-0.25, -0.2) is 18.1 Å². The zero-order valence-electron chi connectivity index (χ0n) is 10.5. The Kier molecular flexibility index (Phi) is 4.47. The van der Waals surface area contributed by atoms with Crippen LogP contribution in [-0.4, -0.2) is 33.0 Å². The van der Waals surface area contributed by atoms with Crippen molar-refractivity contribution >= 4 is 10.0 Å². The molecular weight excluding hydrogens is 264 g/mol. The zero-order chi connectivity index (χ0) is 13.7. The van der Waals surface area contributed by atoms with E-state index < -0.39 is 10.0 Å². The summed E-state index contributed by atoms with van der Waals surface area (Å²) in [7, 11) is -3.62. The number of pyridine rings is 1. The molecule has 0 spiro atoms. The van der Waals surface area contributed by atoms with Crippen LogP contribution in [0.4, 0.5) is 0 Å². The van der Waals surface area contributed by atoms with Crippen LogP contribution in [-0.2, 0) is 10.0 Å². The molecule has 1 aromatic heterocycles. The summed E-state index contributed by atoms with van der Waals surface area (Å²) in [6.45, 7) is 2.27. The van der Waals surface area contributed by atoms with Crippen LogP contribution in [0.1, 0.15) is 18.4 Å². The van der Waals surface area contributed by atoms with Crippen LogP contribution in [0, 0.1) is 17.2 Å². The molecule has 0 bridgehead atoms. The minimum atomic E-state index is -3.62. The molecule has 2 heterocycles. The molecule has 1 aliphatic heterocycles. The summed E-state index contributed by atoms with van der Waals surface area (Å²) >= 11 is 0. The van der Waals surface area contributed by atoms with E-state index in [9.17, 15) is 8.42 Å². The van der Waals surface area contributed by atoms with Crippen molar-refractivity contribution in [2.75, 3.05) is 19.6 Å². The molecule has 1 aliphatic rings. The fraction of sp³-hybridized carbons (Fsp3) is 0.500. The number of nitrogens with zero attached hydrogens (tertiary/aromatic N) is 2. The van der Waals surface area contributed by atoms with Gasteiger partial charge in [0.15, 0.2) is 5.03 Å². The van der Waals surface area contributed by atoms with E-state index >= 15 is 0 Å². The monoisotopic (exact) mass is 280 g/mol. The van der Waals surface area contributed by atoms with Crippen LogP contribution in [0.25, 0.3) is 0 Å². The summed E-state index contributed by atoms with van der Waals surface area (Å²) in [5, 5.41) is 11.9. The van der Waals surface area contributed by atoms with Crippen molar-refractivity contribution in [3.63, 3.8) is 0 Å². The number of hydrogen-bond acceptors (Lipinski definition) is 5. The van der Waals surface area contributed by atoms with Gasteiger partial charge in [0.1, 0.15) is 0 Å². The average Bonchev–Trinajstić information content (AvgIpc) is 2.46. The molecule has 2 rings (SSSR count). The molecule has 6 nitrogen and oxygen atoms in total. The first kappa shape index (κ1) is 13.9. The molecule has 0 unspecified atom stereocenters. The summed E-state index contributed by atoms with van der Waals surface area (Å²) in [5.41, 5.74) is 0.289. The Labute approximate surface area is 112 Å². The molecule has 0 atom stereocenters. The second-order valence-electron chi connectivity index (χ2n) is 4.54. The molecule has 0 saturated carbocycles. The van der Waals surface area contributed by atoms with E-state index in [-0.39, 0.29) is 10.6 Å². The Morgan fingerprint density at radius 3 is 2.89 bits per heavy atom. The fourth-order valence-electron chi connectivity index (χ4n) is 2.01. The predicted octanol–water partition coefficient (Wildman–Crippen LogP) is 0.231. The van der Waals surface area contributed by atoms with Gasteiger partial charge in [-0.1, -0.05) is 0 Å². The van der Waals surface area contributed by atoms with Crippen molar-refractivity contribution in [2.24, 2.45) is 5.92 Å². The number of aromatic nitrogens is 1. The molecule has 1 aromatic rings. The summed E-state index contributed by atoms with van der Waals surface area (Å²) in [5.74, 6) is 0.357. The molecule has 0 aliphatic carbocycles. The molecule has 1 saturated heterocycles. The van der Waals surface area contributed by atoms with Crippen LogP contribution in [0.3, 0.4) is 0 Å². The zero-order valence-corrected chi connectivity index (χ0v) is 11.3. The average molecular weight is 280 g/mol. The van der Waals surface area contributed by atoms with E-state index in [2.05, 4.69) is 15.0 Å². The van der Waals surface area contributed by atoms with E-state index in [1.54, 1.807) is 0 Å². The second kappa shape index (κ2) is 6.10. The summed E-state index contributed by atoms with van der Waals surface area (Å²) < 4.78 is 26.7. The van der Waals surface area contributed by atoms with Crippen molar-refractivity contribution in [3.8, 4) is 6.07 Å². The third-order valence-corrected chi connectivity index (χ3v) is 4.48. The Morgan fingerprint density at radius 2 is 2.21 bits per heavy atom. The summed E-state index contributed by atoms with van der Waals surface area (Å²) in [6.07, 6.45) is 3.26. The van der Waals surface area contributed by atoms with Crippen LogP contribution < -0.4 is 10.0 Å².